The molecule has 4 bridgehead atoms. The molecule has 10 heteroatoms. The van der Waals surface area contributed by atoms with Crippen molar-refractivity contribution in [2.45, 2.75) is 87.9 Å². The van der Waals surface area contributed by atoms with Crippen molar-refractivity contribution in [3.8, 4) is 0 Å². The topological polar surface area (TPSA) is 163 Å². The molecule has 5 N–H and O–H groups in total. The Bertz CT molecular complexity index is 966. The fourth-order valence-electron chi connectivity index (χ4n) is 8.99. The van der Waals surface area contributed by atoms with Crippen LogP contribution in [-0.4, -0.2) is 86.5 Å². The molecule has 4 saturated carbocycles. The van der Waals surface area contributed by atoms with Gasteiger partial charge in [0.05, 0.1) is 24.0 Å². The van der Waals surface area contributed by atoms with Crippen molar-refractivity contribution in [3.63, 3.8) is 0 Å². The van der Waals surface area contributed by atoms with E-state index in [9.17, 15) is 35.1 Å². The van der Waals surface area contributed by atoms with E-state index in [2.05, 4.69) is 6.58 Å². The van der Waals surface area contributed by atoms with Crippen molar-refractivity contribution in [3.05, 3.63) is 12.2 Å². The molecule has 13 atom stereocenters. The number of carbonyl (C=O) groups is 2. The fraction of sp³-hybridized carbons (Fsp3) is 0.840. The second-order valence-corrected chi connectivity index (χ2v) is 11.9. The predicted molar refractivity (Wildman–Crippen MR) is 116 cm³/mol. The Morgan fingerprint density at radius 3 is 2.60 bits per heavy atom. The van der Waals surface area contributed by atoms with E-state index in [0.29, 0.717) is 25.7 Å². The summed E-state index contributed by atoms with van der Waals surface area (Å²) in [5.74, 6) is -2.43. The molecule has 1 spiro atoms. The molecule has 0 aromatic heterocycles. The SMILES string of the molecule is C=C1C[C@]23C[C@H]1CC[C@H]2[C@@]12CC[C@H](O)[C@](C)(C(=O)O1)[C@H]2[C@@H]3C(=O)O[C@@H]1O[C@H](CO)[C@@H](O)[C@H](O)[C@H]1O. The summed E-state index contributed by atoms with van der Waals surface area (Å²) in [4.78, 5) is 27.2. The minimum absolute atomic E-state index is 0.0823. The number of allylic oxidation sites excluding steroid dienone is 1. The van der Waals surface area contributed by atoms with Crippen LogP contribution in [0.15, 0.2) is 12.2 Å². The molecule has 0 radical (unpaired) electrons. The lowest BCUT2D eigenvalue weighted by Gasteiger charge is -2.44. The zero-order chi connectivity index (χ0) is 25.1. The lowest BCUT2D eigenvalue weighted by atomic mass is 9.59. The van der Waals surface area contributed by atoms with Gasteiger partial charge in [-0.1, -0.05) is 12.2 Å². The molecule has 6 aliphatic rings. The first-order chi connectivity index (χ1) is 16.5. The highest BCUT2D eigenvalue weighted by atomic mass is 16.7. The summed E-state index contributed by atoms with van der Waals surface area (Å²) >= 11 is 0. The first-order valence-corrected chi connectivity index (χ1v) is 12.6. The normalized spacial score (nSPS) is 56.4. The lowest BCUT2D eigenvalue weighted by Crippen LogP contribution is -2.60. The van der Waals surface area contributed by atoms with E-state index < -0.39 is 83.6 Å². The molecule has 0 aromatic rings. The number of esters is 2. The standard InChI is InChI=1S/C25H34O10/c1-10-7-24-8-11(10)3-4-13(24)25-6-5-14(27)23(2,22(32)35-25)19(25)15(24)20(31)34-21-18(30)17(29)16(28)12(9-26)33-21/h11-19,21,26-30H,1,3-9H2,2H3/t11-,12-,13-,14+,15-,16-,17+,18-,19-,21+,23+,24+,25-/m1/s1. The summed E-state index contributed by atoms with van der Waals surface area (Å²) in [6.45, 7) is 5.31. The second kappa shape index (κ2) is 7.49. The highest BCUT2D eigenvalue weighted by Crippen LogP contribution is 2.78. The molecule has 6 rings (SSSR count). The monoisotopic (exact) mass is 494 g/mol. The smallest absolute Gasteiger partial charge is 0.315 e. The van der Waals surface area contributed by atoms with Crippen LogP contribution >= 0.6 is 0 Å². The number of aliphatic hydroxyl groups is 5. The average molecular weight is 495 g/mol. The number of fused-ring (bicyclic) bond motifs is 1. The van der Waals surface area contributed by atoms with Crippen molar-refractivity contribution >= 4 is 11.9 Å². The Labute approximate surface area is 202 Å². The molecule has 194 valence electrons. The highest BCUT2D eigenvalue weighted by Gasteiger charge is 2.83. The van der Waals surface area contributed by atoms with Gasteiger partial charge in [-0.25, -0.2) is 0 Å². The minimum Gasteiger partial charge on any atom is -0.458 e. The summed E-state index contributed by atoms with van der Waals surface area (Å²) in [6.07, 6.45) is -4.89. The van der Waals surface area contributed by atoms with Gasteiger partial charge in [0.25, 0.3) is 0 Å². The molecule has 2 aliphatic heterocycles. The number of carbonyl (C=O) groups excluding carboxylic acids is 2. The Kier molecular flexibility index (Phi) is 5.10. The van der Waals surface area contributed by atoms with E-state index >= 15 is 0 Å². The summed E-state index contributed by atoms with van der Waals surface area (Å²) < 4.78 is 17.3. The third kappa shape index (κ3) is 2.76. The van der Waals surface area contributed by atoms with Crippen molar-refractivity contribution in [2.24, 2.45) is 34.5 Å². The highest BCUT2D eigenvalue weighted by molar-refractivity contribution is 5.86. The number of rotatable bonds is 3. The van der Waals surface area contributed by atoms with Crippen LogP contribution in [0.4, 0.5) is 0 Å². The van der Waals surface area contributed by atoms with Crippen molar-refractivity contribution in [2.75, 3.05) is 6.61 Å². The van der Waals surface area contributed by atoms with E-state index in [4.69, 9.17) is 14.2 Å². The van der Waals surface area contributed by atoms with E-state index in [1.807, 2.05) is 0 Å². The van der Waals surface area contributed by atoms with E-state index in [1.54, 1.807) is 6.92 Å². The van der Waals surface area contributed by atoms with Crippen LogP contribution in [0.1, 0.15) is 45.4 Å². The van der Waals surface area contributed by atoms with Gasteiger partial charge in [0, 0.05) is 11.8 Å². The lowest BCUT2D eigenvalue weighted by molar-refractivity contribution is -0.295. The first-order valence-electron chi connectivity index (χ1n) is 12.6. The molecule has 6 fully saturated rings. The molecule has 0 unspecified atom stereocenters. The summed E-state index contributed by atoms with van der Waals surface area (Å²) in [6, 6.07) is 0. The Morgan fingerprint density at radius 2 is 1.89 bits per heavy atom. The number of ether oxygens (including phenoxy) is 3. The predicted octanol–water partition coefficient (Wildman–Crippen LogP) is -0.605. The van der Waals surface area contributed by atoms with Gasteiger partial charge in [0.15, 0.2) is 0 Å². The Morgan fingerprint density at radius 1 is 1.14 bits per heavy atom. The minimum atomic E-state index is -1.72. The van der Waals surface area contributed by atoms with Crippen LogP contribution in [0, 0.1) is 34.5 Å². The van der Waals surface area contributed by atoms with Gasteiger partial charge in [0.2, 0.25) is 6.29 Å². The number of hydrogen-bond acceptors (Lipinski definition) is 10. The third-order valence-corrected chi connectivity index (χ3v) is 10.5. The van der Waals surface area contributed by atoms with Gasteiger partial charge in [-0.15, -0.1) is 0 Å². The molecule has 10 nitrogen and oxygen atoms in total. The molecule has 2 heterocycles. The van der Waals surface area contributed by atoms with E-state index in [0.717, 1.165) is 18.4 Å². The molecule has 2 saturated heterocycles. The zero-order valence-corrected chi connectivity index (χ0v) is 19.7. The van der Waals surface area contributed by atoms with Crippen LogP contribution in [-0.2, 0) is 23.8 Å². The molecular weight excluding hydrogens is 460 g/mol. The zero-order valence-electron chi connectivity index (χ0n) is 19.7. The van der Waals surface area contributed by atoms with Crippen LogP contribution in [0.2, 0.25) is 0 Å². The molecule has 0 amide bonds. The fourth-order valence-corrected chi connectivity index (χ4v) is 8.99. The van der Waals surface area contributed by atoms with E-state index in [-0.39, 0.29) is 11.8 Å². The van der Waals surface area contributed by atoms with Gasteiger partial charge < -0.3 is 39.7 Å². The van der Waals surface area contributed by atoms with Gasteiger partial charge in [-0.2, -0.15) is 0 Å². The van der Waals surface area contributed by atoms with E-state index in [1.165, 1.54) is 0 Å². The Hall–Kier alpha value is -1.56. The molecule has 0 aromatic carbocycles. The van der Waals surface area contributed by atoms with Gasteiger partial charge >= 0.3 is 11.9 Å². The van der Waals surface area contributed by atoms with Gasteiger partial charge in [-0.3, -0.25) is 9.59 Å². The maximum absolute atomic E-state index is 14.0. The Balaban J connectivity index is 1.41. The van der Waals surface area contributed by atoms with Crippen molar-refractivity contribution in [1.29, 1.82) is 0 Å². The van der Waals surface area contributed by atoms with Crippen LogP contribution in [0.3, 0.4) is 0 Å². The number of hydrogen-bond donors (Lipinski definition) is 5. The average Bonchev–Trinajstić information content (AvgIpc) is 3.29. The van der Waals surface area contributed by atoms with Crippen molar-refractivity contribution < 1.29 is 49.3 Å². The van der Waals surface area contributed by atoms with Crippen molar-refractivity contribution in [1.82, 2.24) is 0 Å². The maximum Gasteiger partial charge on any atom is 0.315 e. The molecule has 35 heavy (non-hydrogen) atoms. The van der Waals surface area contributed by atoms with Gasteiger partial charge in [0.1, 0.15) is 30.0 Å². The van der Waals surface area contributed by atoms with Crippen LogP contribution in [0.25, 0.3) is 0 Å². The maximum atomic E-state index is 14.0. The van der Waals surface area contributed by atoms with Crippen LogP contribution < -0.4 is 0 Å². The summed E-state index contributed by atoms with van der Waals surface area (Å²) in [7, 11) is 0. The third-order valence-electron chi connectivity index (χ3n) is 10.5. The number of aliphatic hydroxyl groups excluding tert-OH is 5. The van der Waals surface area contributed by atoms with Gasteiger partial charge in [-0.05, 0) is 56.8 Å². The first kappa shape index (κ1) is 23.8. The molecule has 4 aliphatic carbocycles. The largest absolute Gasteiger partial charge is 0.458 e. The van der Waals surface area contributed by atoms with Crippen LogP contribution in [0.5, 0.6) is 0 Å². The summed E-state index contributed by atoms with van der Waals surface area (Å²) in [5, 5.41) is 51.2. The quantitative estimate of drug-likeness (QED) is 0.253. The second-order valence-electron chi connectivity index (χ2n) is 11.9. The molecular formula is C25H34O10. The summed E-state index contributed by atoms with van der Waals surface area (Å²) in [5.41, 5.74) is -1.63.